The topological polar surface area (TPSA) is 55.4 Å². The minimum atomic E-state index is -0.489. The fraction of sp³-hybridized carbons (Fsp3) is 0.692. The van der Waals surface area contributed by atoms with Crippen molar-refractivity contribution in [3.05, 3.63) is 20.4 Å². The maximum Gasteiger partial charge on any atom is 0.272 e. The third-order valence-electron chi connectivity index (χ3n) is 3.17. The highest BCUT2D eigenvalue weighted by molar-refractivity contribution is 5.62. The summed E-state index contributed by atoms with van der Waals surface area (Å²) < 4.78 is 5.37. The highest BCUT2D eigenvalue weighted by atomic mass is 16.5. The monoisotopic (exact) mass is 237 g/mol. The summed E-state index contributed by atoms with van der Waals surface area (Å²) in [5.74, 6) is 0.232. The predicted molar refractivity (Wildman–Crippen MR) is 67.6 cm³/mol. The van der Waals surface area contributed by atoms with E-state index in [0.717, 1.165) is 12.8 Å². The molecule has 0 aromatic heterocycles. The molecular formula is C13H19NO3. The van der Waals surface area contributed by atoms with E-state index in [0.29, 0.717) is 11.7 Å². The van der Waals surface area contributed by atoms with Crippen LogP contribution in [0.1, 0.15) is 46.0 Å². The molecule has 1 aromatic rings. The first-order valence-electron chi connectivity index (χ1n) is 6.36. The Morgan fingerprint density at radius 2 is 1.76 bits per heavy atom. The van der Waals surface area contributed by atoms with Crippen LogP contribution < -0.4 is 20.9 Å². The van der Waals surface area contributed by atoms with Crippen LogP contribution in [-0.2, 0) is 0 Å². The number of nitrogens with one attached hydrogen (secondary N) is 1. The van der Waals surface area contributed by atoms with E-state index in [1.54, 1.807) is 0 Å². The number of ether oxygens (including phenoxy) is 1. The Balaban J connectivity index is 2.07. The molecule has 0 aliphatic heterocycles. The summed E-state index contributed by atoms with van der Waals surface area (Å²) in [5.41, 5.74) is -0.515. The van der Waals surface area contributed by atoms with Crippen molar-refractivity contribution >= 4 is 5.69 Å². The van der Waals surface area contributed by atoms with Gasteiger partial charge in [-0.15, -0.1) is 0 Å². The molecule has 0 spiro atoms. The van der Waals surface area contributed by atoms with Crippen LogP contribution in [0.3, 0.4) is 0 Å². The minimum absolute atomic E-state index is 0.0785. The number of rotatable bonds is 4. The normalized spacial score (nSPS) is 17.6. The lowest BCUT2D eigenvalue weighted by Crippen LogP contribution is -2.39. The van der Waals surface area contributed by atoms with Gasteiger partial charge < -0.3 is 10.1 Å². The highest BCUT2D eigenvalue weighted by Gasteiger charge is 2.26. The summed E-state index contributed by atoms with van der Waals surface area (Å²) in [6.07, 6.45) is 5.70. The third kappa shape index (κ3) is 2.51. The van der Waals surface area contributed by atoms with Gasteiger partial charge in [0.2, 0.25) is 0 Å². The summed E-state index contributed by atoms with van der Waals surface area (Å²) in [6, 6.07) is 0.321. The predicted octanol–water partition coefficient (Wildman–Crippen LogP) is 1.81. The Bertz CT molecular complexity index is 451. The van der Waals surface area contributed by atoms with E-state index in [9.17, 15) is 9.59 Å². The Hall–Kier alpha value is -1.32. The SMILES string of the molecule is CC(C)Oc1c(NC2CCCCC2)c(=O)c1=O. The second kappa shape index (κ2) is 4.90. The van der Waals surface area contributed by atoms with E-state index in [1.807, 2.05) is 13.8 Å². The molecule has 0 unspecified atom stereocenters. The van der Waals surface area contributed by atoms with Crippen LogP contribution >= 0.6 is 0 Å². The number of hydrogen-bond acceptors (Lipinski definition) is 4. The molecule has 4 heteroatoms. The standard InChI is InChI=1S/C13H19NO3/c1-8(2)17-13-10(11(15)12(13)16)14-9-6-4-3-5-7-9/h8-9,14H,3-7H2,1-2H3. The molecule has 0 saturated heterocycles. The number of anilines is 1. The molecular weight excluding hydrogens is 218 g/mol. The maximum atomic E-state index is 11.5. The van der Waals surface area contributed by atoms with E-state index in [1.165, 1.54) is 19.3 Å². The van der Waals surface area contributed by atoms with Crippen molar-refractivity contribution in [2.45, 2.75) is 58.1 Å². The van der Waals surface area contributed by atoms with Gasteiger partial charge in [0.15, 0.2) is 5.75 Å². The Morgan fingerprint density at radius 1 is 1.12 bits per heavy atom. The van der Waals surface area contributed by atoms with Crippen LogP contribution in [0.5, 0.6) is 5.75 Å². The lowest BCUT2D eigenvalue weighted by Gasteiger charge is -2.25. The summed E-state index contributed by atoms with van der Waals surface area (Å²) in [6.45, 7) is 3.70. The van der Waals surface area contributed by atoms with Crippen molar-refractivity contribution in [3.8, 4) is 5.75 Å². The summed E-state index contributed by atoms with van der Waals surface area (Å²) >= 11 is 0. The second-order valence-electron chi connectivity index (χ2n) is 5.01. The van der Waals surface area contributed by atoms with Crippen molar-refractivity contribution in [1.82, 2.24) is 0 Å². The van der Waals surface area contributed by atoms with Gasteiger partial charge in [-0.3, -0.25) is 9.59 Å². The van der Waals surface area contributed by atoms with Crippen LogP contribution in [0, 0.1) is 0 Å². The summed E-state index contributed by atoms with van der Waals surface area (Å²) in [5, 5.41) is 3.18. The van der Waals surface area contributed by atoms with E-state index >= 15 is 0 Å². The summed E-state index contributed by atoms with van der Waals surface area (Å²) in [7, 11) is 0. The molecule has 1 aromatic carbocycles. The van der Waals surface area contributed by atoms with Crippen LogP contribution in [0.2, 0.25) is 0 Å². The van der Waals surface area contributed by atoms with Gasteiger partial charge >= 0.3 is 0 Å². The second-order valence-corrected chi connectivity index (χ2v) is 5.01. The smallest absolute Gasteiger partial charge is 0.272 e. The first kappa shape index (κ1) is 12.1. The average Bonchev–Trinajstić information content (AvgIpc) is 2.34. The molecule has 1 fully saturated rings. The van der Waals surface area contributed by atoms with Gasteiger partial charge in [-0.2, -0.15) is 0 Å². The zero-order valence-corrected chi connectivity index (χ0v) is 10.4. The van der Waals surface area contributed by atoms with Crippen LogP contribution in [0.25, 0.3) is 0 Å². The molecule has 1 aliphatic carbocycles. The van der Waals surface area contributed by atoms with Gasteiger partial charge in [0.25, 0.3) is 10.9 Å². The first-order chi connectivity index (χ1) is 8.09. The van der Waals surface area contributed by atoms with Crippen molar-refractivity contribution in [2.24, 2.45) is 0 Å². The van der Waals surface area contributed by atoms with Gasteiger partial charge in [-0.1, -0.05) is 19.3 Å². The Kier molecular flexibility index (Phi) is 3.50. The molecule has 17 heavy (non-hydrogen) atoms. The van der Waals surface area contributed by atoms with Gasteiger partial charge in [-0.25, -0.2) is 0 Å². The van der Waals surface area contributed by atoms with Crippen molar-refractivity contribution in [3.63, 3.8) is 0 Å². The average molecular weight is 237 g/mol. The molecule has 1 aliphatic rings. The quantitative estimate of drug-likeness (QED) is 0.811. The fourth-order valence-corrected chi connectivity index (χ4v) is 2.30. The largest absolute Gasteiger partial charge is 0.485 e. The molecule has 0 atom stereocenters. The van der Waals surface area contributed by atoms with E-state index in [2.05, 4.69) is 5.32 Å². The zero-order chi connectivity index (χ0) is 12.4. The highest BCUT2D eigenvalue weighted by Crippen LogP contribution is 2.25. The summed E-state index contributed by atoms with van der Waals surface area (Å²) in [4.78, 5) is 22.9. The Morgan fingerprint density at radius 3 is 2.35 bits per heavy atom. The van der Waals surface area contributed by atoms with Crippen LogP contribution in [0.4, 0.5) is 5.69 Å². The fourth-order valence-electron chi connectivity index (χ4n) is 2.30. The molecule has 4 nitrogen and oxygen atoms in total. The van der Waals surface area contributed by atoms with E-state index in [4.69, 9.17) is 4.74 Å². The first-order valence-corrected chi connectivity index (χ1v) is 6.36. The van der Waals surface area contributed by atoms with Crippen molar-refractivity contribution in [2.75, 3.05) is 5.32 Å². The maximum absolute atomic E-state index is 11.5. The van der Waals surface area contributed by atoms with Crippen molar-refractivity contribution < 1.29 is 4.74 Å². The van der Waals surface area contributed by atoms with Crippen molar-refractivity contribution in [1.29, 1.82) is 0 Å². The zero-order valence-electron chi connectivity index (χ0n) is 10.4. The molecule has 0 bridgehead atoms. The van der Waals surface area contributed by atoms with Gasteiger partial charge in [0, 0.05) is 6.04 Å². The Labute approximate surface area is 101 Å². The molecule has 0 heterocycles. The molecule has 0 radical (unpaired) electrons. The van der Waals surface area contributed by atoms with E-state index in [-0.39, 0.29) is 11.9 Å². The molecule has 94 valence electrons. The van der Waals surface area contributed by atoms with Gasteiger partial charge in [-0.05, 0) is 26.7 Å². The molecule has 0 amide bonds. The lowest BCUT2D eigenvalue weighted by atomic mass is 9.95. The van der Waals surface area contributed by atoms with Crippen LogP contribution in [-0.4, -0.2) is 12.1 Å². The van der Waals surface area contributed by atoms with E-state index < -0.39 is 10.9 Å². The third-order valence-corrected chi connectivity index (χ3v) is 3.17. The van der Waals surface area contributed by atoms with Gasteiger partial charge in [0.05, 0.1) is 6.10 Å². The number of hydrogen-bond donors (Lipinski definition) is 1. The minimum Gasteiger partial charge on any atom is -0.485 e. The molecule has 2 rings (SSSR count). The lowest BCUT2D eigenvalue weighted by molar-refractivity contribution is 0.238. The molecule has 1 N–H and O–H groups in total. The van der Waals surface area contributed by atoms with Crippen LogP contribution in [0.15, 0.2) is 9.59 Å². The molecule has 1 saturated carbocycles. The van der Waals surface area contributed by atoms with Gasteiger partial charge in [0.1, 0.15) is 5.69 Å².